The van der Waals surface area contributed by atoms with Crippen molar-refractivity contribution in [3.05, 3.63) is 34.9 Å². The topological polar surface area (TPSA) is 24.8 Å². The van der Waals surface area contributed by atoms with Crippen LogP contribution in [0.25, 0.3) is 0 Å². The summed E-state index contributed by atoms with van der Waals surface area (Å²) in [6.45, 7) is 6.29. The van der Waals surface area contributed by atoms with Gasteiger partial charge in [-0.15, -0.1) is 0 Å². The summed E-state index contributed by atoms with van der Waals surface area (Å²) < 4.78 is 0. The first-order valence-electron chi connectivity index (χ1n) is 8.53. The van der Waals surface area contributed by atoms with Crippen molar-refractivity contribution in [3.8, 4) is 0 Å². The monoisotopic (exact) mass is 321 g/mol. The predicted molar refractivity (Wildman–Crippen MR) is 89.5 cm³/mol. The maximum Gasteiger partial charge on any atom is 0.254 e. The normalized spacial score (nSPS) is 26.9. The van der Waals surface area contributed by atoms with E-state index in [1.54, 1.807) is 11.0 Å². The second-order valence-corrected chi connectivity index (χ2v) is 7.37. The molecule has 1 aliphatic carbocycles. The summed E-state index contributed by atoms with van der Waals surface area (Å²) in [4.78, 5) is 16.2. The first kappa shape index (κ1) is 15.8. The lowest BCUT2D eigenvalue weighted by molar-refractivity contribution is -0.930. The first-order chi connectivity index (χ1) is 10.6. The molecule has 4 heteroatoms. The zero-order chi connectivity index (χ0) is 15.5. The number of hydrogen-bond acceptors (Lipinski definition) is 1. The Balaban J connectivity index is 1.56. The zero-order valence-corrected chi connectivity index (χ0v) is 14.1. The van der Waals surface area contributed by atoms with Gasteiger partial charge in [-0.2, -0.15) is 0 Å². The molecule has 3 rings (SSSR count). The quantitative estimate of drug-likeness (QED) is 0.888. The van der Waals surface area contributed by atoms with Gasteiger partial charge >= 0.3 is 0 Å². The third kappa shape index (κ3) is 3.64. The number of piperazine rings is 1. The molecular formula is C18H26ClN2O+. The molecule has 2 fully saturated rings. The summed E-state index contributed by atoms with van der Waals surface area (Å²) in [5.74, 6) is 0.996. The summed E-state index contributed by atoms with van der Waals surface area (Å²) in [6.07, 6.45) is 5.49. The van der Waals surface area contributed by atoms with Crippen molar-refractivity contribution >= 4 is 17.5 Å². The molecule has 1 N–H and O–H groups in total. The number of benzene rings is 1. The van der Waals surface area contributed by atoms with Crippen LogP contribution in [-0.4, -0.2) is 43.0 Å². The van der Waals surface area contributed by atoms with Gasteiger partial charge in [0.1, 0.15) is 0 Å². The molecule has 0 aromatic heterocycles. The standard InChI is InChI=1S/C18H25ClN2O/c1-14-4-2-7-17(12-14)20-8-10-21(11-9-20)18(22)15-5-3-6-16(19)13-15/h3,5-6,13-14,17H,2,4,7-12H2,1H3/p+1. The van der Waals surface area contributed by atoms with E-state index in [1.165, 1.54) is 25.7 Å². The van der Waals surface area contributed by atoms with Crippen LogP contribution in [0.4, 0.5) is 0 Å². The first-order valence-corrected chi connectivity index (χ1v) is 8.90. The summed E-state index contributed by atoms with van der Waals surface area (Å²) in [5.41, 5.74) is 0.710. The summed E-state index contributed by atoms with van der Waals surface area (Å²) in [5, 5.41) is 0.631. The number of hydrogen-bond donors (Lipinski definition) is 1. The Labute approximate surface area is 138 Å². The van der Waals surface area contributed by atoms with Crippen LogP contribution in [0.3, 0.4) is 0 Å². The Kier molecular flexibility index (Phi) is 5.04. The van der Waals surface area contributed by atoms with Crippen molar-refractivity contribution in [2.24, 2.45) is 5.92 Å². The van der Waals surface area contributed by atoms with Crippen molar-refractivity contribution in [2.45, 2.75) is 38.6 Å². The number of carbonyl (C=O) groups excluding carboxylic acids is 1. The molecule has 1 amide bonds. The zero-order valence-electron chi connectivity index (χ0n) is 13.4. The summed E-state index contributed by atoms with van der Waals surface area (Å²) in [6, 6.07) is 8.10. The summed E-state index contributed by atoms with van der Waals surface area (Å²) in [7, 11) is 0. The van der Waals surface area contributed by atoms with Gasteiger partial charge in [-0.3, -0.25) is 4.79 Å². The molecule has 1 saturated heterocycles. The van der Waals surface area contributed by atoms with E-state index in [0.717, 1.165) is 38.1 Å². The molecule has 1 saturated carbocycles. The van der Waals surface area contributed by atoms with Gasteiger partial charge in [-0.1, -0.05) is 31.0 Å². The predicted octanol–water partition coefficient (Wildman–Crippen LogP) is 2.26. The van der Waals surface area contributed by atoms with Crippen LogP contribution in [0.2, 0.25) is 5.02 Å². The van der Waals surface area contributed by atoms with Gasteiger partial charge in [0.05, 0.1) is 32.2 Å². The Hall–Kier alpha value is -1.06. The van der Waals surface area contributed by atoms with Gasteiger partial charge in [0, 0.05) is 17.0 Å². The van der Waals surface area contributed by atoms with Crippen molar-refractivity contribution in [3.63, 3.8) is 0 Å². The molecule has 1 aromatic carbocycles. The molecule has 1 aromatic rings. The number of quaternary nitrogens is 1. The number of nitrogens with one attached hydrogen (secondary N) is 1. The van der Waals surface area contributed by atoms with Crippen LogP contribution in [0.5, 0.6) is 0 Å². The van der Waals surface area contributed by atoms with Crippen molar-refractivity contribution in [1.29, 1.82) is 0 Å². The summed E-state index contributed by atoms with van der Waals surface area (Å²) >= 11 is 5.99. The molecule has 0 bridgehead atoms. The van der Waals surface area contributed by atoms with E-state index in [9.17, 15) is 4.79 Å². The van der Waals surface area contributed by atoms with Gasteiger partial charge in [-0.05, 0) is 37.0 Å². The van der Waals surface area contributed by atoms with Crippen LogP contribution in [0, 0.1) is 5.92 Å². The molecule has 120 valence electrons. The van der Waals surface area contributed by atoms with Crippen molar-refractivity contribution in [2.75, 3.05) is 26.2 Å². The van der Waals surface area contributed by atoms with Crippen LogP contribution in [0.15, 0.2) is 24.3 Å². The lowest BCUT2D eigenvalue weighted by Crippen LogP contribution is -3.18. The number of amides is 1. The van der Waals surface area contributed by atoms with E-state index >= 15 is 0 Å². The van der Waals surface area contributed by atoms with Crippen LogP contribution in [0.1, 0.15) is 43.0 Å². The lowest BCUT2D eigenvalue weighted by Gasteiger charge is -2.39. The average Bonchev–Trinajstić information content (AvgIpc) is 2.54. The van der Waals surface area contributed by atoms with Gasteiger partial charge in [0.25, 0.3) is 5.91 Å². The van der Waals surface area contributed by atoms with Crippen LogP contribution >= 0.6 is 11.6 Å². The smallest absolute Gasteiger partial charge is 0.254 e. The highest BCUT2D eigenvalue weighted by atomic mass is 35.5. The van der Waals surface area contributed by atoms with E-state index in [1.807, 2.05) is 23.1 Å². The van der Waals surface area contributed by atoms with E-state index in [0.29, 0.717) is 10.6 Å². The Morgan fingerprint density at radius 3 is 2.73 bits per heavy atom. The highest BCUT2D eigenvalue weighted by Crippen LogP contribution is 2.22. The fraction of sp³-hybridized carbons (Fsp3) is 0.611. The van der Waals surface area contributed by atoms with Crippen LogP contribution < -0.4 is 4.90 Å². The van der Waals surface area contributed by atoms with Crippen molar-refractivity contribution < 1.29 is 9.69 Å². The molecular weight excluding hydrogens is 296 g/mol. The molecule has 0 radical (unpaired) electrons. The Morgan fingerprint density at radius 2 is 2.05 bits per heavy atom. The highest BCUT2D eigenvalue weighted by molar-refractivity contribution is 6.30. The molecule has 1 heterocycles. The van der Waals surface area contributed by atoms with Gasteiger partial charge < -0.3 is 9.80 Å². The molecule has 2 unspecified atom stereocenters. The third-order valence-electron chi connectivity index (χ3n) is 5.28. The number of halogens is 1. The largest absolute Gasteiger partial charge is 0.330 e. The Bertz CT molecular complexity index is 526. The second kappa shape index (κ2) is 7.01. The second-order valence-electron chi connectivity index (χ2n) is 6.93. The minimum Gasteiger partial charge on any atom is -0.330 e. The number of carbonyl (C=O) groups is 1. The van der Waals surface area contributed by atoms with Gasteiger partial charge in [0.2, 0.25) is 0 Å². The van der Waals surface area contributed by atoms with E-state index in [4.69, 9.17) is 11.6 Å². The average molecular weight is 322 g/mol. The SMILES string of the molecule is CC1CCCC([NH+]2CCN(C(=O)c3cccc(Cl)c3)CC2)C1. The molecule has 3 nitrogen and oxygen atoms in total. The molecule has 2 aliphatic rings. The van der Waals surface area contributed by atoms with Gasteiger partial charge in [-0.25, -0.2) is 0 Å². The number of rotatable bonds is 2. The van der Waals surface area contributed by atoms with Crippen molar-refractivity contribution in [1.82, 2.24) is 4.90 Å². The fourth-order valence-electron chi connectivity index (χ4n) is 4.01. The van der Waals surface area contributed by atoms with E-state index in [-0.39, 0.29) is 5.91 Å². The fourth-order valence-corrected chi connectivity index (χ4v) is 4.20. The number of nitrogens with zero attached hydrogens (tertiary/aromatic N) is 1. The molecule has 0 spiro atoms. The van der Waals surface area contributed by atoms with Crippen LogP contribution in [-0.2, 0) is 0 Å². The minimum absolute atomic E-state index is 0.124. The van der Waals surface area contributed by atoms with E-state index in [2.05, 4.69) is 6.92 Å². The minimum atomic E-state index is 0.124. The maximum atomic E-state index is 12.5. The van der Waals surface area contributed by atoms with E-state index < -0.39 is 0 Å². The van der Waals surface area contributed by atoms with Gasteiger partial charge in [0.15, 0.2) is 0 Å². The Morgan fingerprint density at radius 1 is 1.27 bits per heavy atom. The maximum absolute atomic E-state index is 12.5. The third-order valence-corrected chi connectivity index (χ3v) is 5.51. The lowest BCUT2D eigenvalue weighted by atomic mass is 9.86. The molecule has 2 atom stereocenters. The molecule has 22 heavy (non-hydrogen) atoms. The highest BCUT2D eigenvalue weighted by Gasteiger charge is 2.32. The molecule has 1 aliphatic heterocycles.